The number of methoxy groups -OCH3 is 1. The number of benzene rings is 1. The smallest absolute Gasteiger partial charge is 0.338 e. The first-order valence-corrected chi connectivity index (χ1v) is 6.59. The van der Waals surface area contributed by atoms with Crippen LogP contribution in [0.1, 0.15) is 41.6 Å². The number of ether oxygens (including phenoxy) is 2. The van der Waals surface area contributed by atoms with Crippen molar-refractivity contribution in [2.45, 2.75) is 37.2 Å². The summed E-state index contributed by atoms with van der Waals surface area (Å²) in [6, 6.07) is 7.21. The van der Waals surface area contributed by atoms with Gasteiger partial charge in [-0.25, -0.2) is 4.79 Å². The molecule has 3 rings (SSSR count). The van der Waals surface area contributed by atoms with Gasteiger partial charge in [-0.15, -0.1) is 0 Å². The second-order valence-electron chi connectivity index (χ2n) is 5.15. The van der Waals surface area contributed by atoms with E-state index in [-0.39, 0.29) is 11.9 Å². The Balaban J connectivity index is 2.22. The van der Waals surface area contributed by atoms with Crippen molar-refractivity contribution in [2.75, 3.05) is 7.11 Å². The Kier molecular flexibility index (Phi) is 2.81. The minimum Gasteiger partial charge on any atom is -0.468 e. The third kappa shape index (κ3) is 1.59. The largest absolute Gasteiger partial charge is 0.468 e. The van der Waals surface area contributed by atoms with Gasteiger partial charge in [0.25, 0.3) is 0 Å². The molecule has 1 aromatic carbocycles. The summed E-state index contributed by atoms with van der Waals surface area (Å²) in [7, 11) is 1.39. The van der Waals surface area contributed by atoms with Gasteiger partial charge in [-0.1, -0.05) is 24.6 Å². The molecule has 100 valence electrons. The highest BCUT2D eigenvalue weighted by molar-refractivity contribution is 5.98. The third-order valence-electron chi connectivity index (χ3n) is 4.26. The molecule has 0 N–H and O–H groups in total. The molecular weight excluding hydrogens is 244 g/mol. The second-order valence-corrected chi connectivity index (χ2v) is 5.15. The summed E-state index contributed by atoms with van der Waals surface area (Å²) in [6.07, 6.45) is 2.91. The van der Waals surface area contributed by atoms with E-state index in [1.807, 2.05) is 12.1 Å². The SMILES string of the molecule is COC(=O)[C@]12CCCC[C@H]1OC(=O)c1ccccc12. The molecule has 1 heterocycles. The molecular formula is C15H16O4. The van der Waals surface area contributed by atoms with Gasteiger partial charge in [0.2, 0.25) is 0 Å². The van der Waals surface area contributed by atoms with Crippen LogP contribution in [0.15, 0.2) is 24.3 Å². The number of carbonyl (C=O) groups is 2. The van der Waals surface area contributed by atoms with Crippen molar-refractivity contribution in [2.24, 2.45) is 0 Å². The molecule has 1 fully saturated rings. The highest BCUT2D eigenvalue weighted by atomic mass is 16.6. The van der Waals surface area contributed by atoms with Crippen molar-refractivity contribution in [3.05, 3.63) is 35.4 Å². The van der Waals surface area contributed by atoms with Gasteiger partial charge >= 0.3 is 11.9 Å². The lowest BCUT2D eigenvalue weighted by Gasteiger charge is -2.44. The molecule has 1 aliphatic carbocycles. The Bertz CT molecular complexity index is 537. The first-order chi connectivity index (χ1) is 9.20. The van der Waals surface area contributed by atoms with Crippen LogP contribution in [0.25, 0.3) is 0 Å². The Morgan fingerprint density at radius 2 is 2.16 bits per heavy atom. The maximum Gasteiger partial charge on any atom is 0.338 e. The van der Waals surface area contributed by atoms with E-state index < -0.39 is 11.5 Å². The van der Waals surface area contributed by atoms with E-state index in [1.165, 1.54) is 7.11 Å². The zero-order valence-electron chi connectivity index (χ0n) is 10.8. The molecule has 0 radical (unpaired) electrons. The fraction of sp³-hybridized carbons (Fsp3) is 0.467. The molecule has 0 bridgehead atoms. The molecule has 0 amide bonds. The van der Waals surface area contributed by atoms with Gasteiger partial charge in [-0.3, -0.25) is 4.79 Å². The minimum atomic E-state index is -0.808. The quantitative estimate of drug-likeness (QED) is 0.726. The number of fused-ring (bicyclic) bond motifs is 3. The van der Waals surface area contributed by atoms with Crippen LogP contribution in [0, 0.1) is 0 Å². The number of carbonyl (C=O) groups excluding carboxylic acids is 2. The fourth-order valence-electron chi connectivity index (χ4n) is 3.38. The number of hydrogen-bond acceptors (Lipinski definition) is 4. The van der Waals surface area contributed by atoms with E-state index in [1.54, 1.807) is 12.1 Å². The monoisotopic (exact) mass is 260 g/mol. The lowest BCUT2D eigenvalue weighted by molar-refractivity contribution is -0.156. The molecule has 1 aliphatic heterocycles. The summed E-state index contributed by atoms with van der Waals surface area (Å²) in [6.45, 7) is 0. The Labute approximate surface area is 111 Å². The zero-order chi connectivity index (χ0) is 13.5. The van der Waals surface area contributed by atoms with E-state index in [4.69, 9.17) is 9.47 Å². The maximum atomic E-state index is 12.4. The van der Waals surface area contributed by atoms with Crippen LogP contribution in [0.2, 0.25) is 0 Å². The van der Waals surface area contributed by atoms with Gasteiger partial charge in [-0.05, 0) is 30.9 Å². The average Bonchev–Trinajstić information content (AvgIpc) is 2.47. The van der Waals surface area contributed by atoms with Gasteiger partial charge in [0.1, 0.15) is 11.5 Å². The normalized spacial score (nSPS) is 28.9. The van der Waals surface area contributed by atoms with Crippen molar-refractivity contribution in [3.63, 3.8) is 0 Å². The van der Waals surface area contributed by atoms with Gasteiger partial charge in [0, 0.05) is 0 Å². The molecule has 4 nitrogen and oxygen atoms in total. The summed E-state index contributed by atoms with van der Waals surface area (Å²) in [5, 5.41) is 0. The lowest BCUT2D eigenvalue weighted by Crippen LogP contribution is -2.54. The Morgan fingerprint density at radius 3 is 2.95 bits per heavy atom. The molecule has 1 saturated carbocycles. The number of rotatable bonds is 1. The van der Waals surface area contributed by atoms with Crippen molar-refractivity contribution in [3.8, 4) is 0 Å². The van der Waals surface area contributed by atoms with Crippen molar-refractivity contribution >= 4 is 11.9 Å². The number of esters is 2. The first-order valence-electron chi connectivity index (χ1n) is 6.59. The maximum absolute atomic E-state index is 12.4. The predicted octanol–water partition coefficient (Wildman–Crippen LogP) is 2.21. The Hall–Kier alpha value is -1.84. The summed E-state index contributed by atoms with van der Waals surface area (Å²) in [5.41, 5.74) is 0.450. The summed E-state index contributed by atoms with van der Waals surface area (Å²) < 4.78 is 10.5. The van der Waals surface area contributed by atoms with Gasteiger partial charge in [-0.2, -0.15) is 0 Å². The molecule has 1 aromatic rings. The van der Waals surface area contributed by atoms with E-state index in [2.05, 4.69) is 0 Å². The lowest BCUT2D eigenvalue weighted by atomic mass is 9.65. The summed E-state index contributed by atoms with van der Waals surface area (Å²) in [4.78, 5) is 24.4. The zero-order valence-corrected chi connectivity index (χ0v) is 10.8. The highest BCUT2D eigenvalue weighted by Gasteiger charge is 2.55. The van der Waals surface area contributed by atoms with Crippen LogP contribution in [0.4, 0.5) is 0 Å². The minimum absolute atomic E-state index is 0.294. The summed E-state index contributed by atoms with van der Waals surface area (Å²) >= 11 is 0. The second kappa shape index (κ2) is 4.37. The average molecular weight is 260 g/mol. The molecule has 0 spiro atoms. The number of hydrogen-bond donors (Lipinski definition) is 0. The van der Waals surface area contributed by atoms with Gasteiger partial charge in [0.15, 0.2) is 0 Å². The third-order valence-corrected chi connectivity index (χ3v) is 4.26. The van der Waals surface area contributed by atoms with Crippen molar-refractivity contribution in [1.29, 1.82) is 0 Å². The van der Waals surface area contributed by atoms with Gasteiger partial charge < -0.3 is 9.47 Å². The van der Waals surface area contributed by atoms with E-state index in [0.717, 1.165) is 24.8 Å². The predicted molar refractivity (Wildman–Crippen MR) is 67.8 cm³/mol. The van der Waals surface area contributed by atoms with Crippen LogP contribution < -0.4 is 0 Å². The van der Waals surface area contributed by atoms with Crippen LogP contribution in [-0.2, 0) is 19.7 Å². The van der Waals surface area contributed by atoms with E-state index in [0.29, 0.717) is 12.0 Å². The highest BCUT2D eigenvalue weighted by Crippen LogP contribution is 2.46. The molecule has 2 atom stereocenters. The van der Waals surface area contributed by atoms with Crippen LogP contribution in [-0.4, -0.2) is 25.2 Å². The van der Waals surface area contributed by atoms with E-state index >= 15 is 0 Å². The van der Waals surface area contributed by atoms with Crippen molar-refractivity contribution in [1.82, 2.24) is 0 Å². The first kappa shape index (κ1) is 12.2. The molecule has 0 aromatic heterocycles. The topological polar surface area (TPSA) is 52.6 Å². The van der Waals surface area contributed by atoms with Crippen LogP contribution in [0.3, 0.4) is 0 Å². The fourth-order valence-corrected chi connectivity index (χ4v) is 3.38. The molecule has 2 aliphatic rings. The van der Waals surface area contributed by atoms with Gasteiger partial charge in [0.05, 0.1) is 12.7 Å². The molecule has 0 unspecified atom stereocenters. The Morgan fingerprint density at radius 1 is 1.37 bits per heavy atom. The van der Waals surface area contributed by atoms with E-state index in [9.17, 15) is 9.59 Å². The molecule has 19 heavy (non-hydrogen) atoms. The van der Waals surface area contributed by atoms with Crippen LogP contribution in [0.5, 0.6) is 0 Å². The molecule has 4 heteroatoms. The van der Waals surface area contributed by atoms with Crippen molar-refractivity contribution < 1.29 is 19.1 Å². The van der Waals surface area contributed by atoms with Crippen LogP contribution >= 0.6 is 0 Å². The molecule has 0 saturated heterocycles. The summed E-state index contributed by atoms with van der Waals surface area (Å²) in [5.74, 6) is -0.626. The standard InChI is InChI=1S/C15H16O4/c1-18-14(17)15-9-5-4-8-12(15)19-13(16)10-6-2-3-7-11(10)15/h2-3,6-7,12H,4-5,8-9H2,1H3/t12-,15+/m1/s1.